The number of nitrogens with zero attached hydrogens (tertiary/aromatic N) is 2. The Morgan fingerprint density at radius 3 is 2.35 bits per heavy atom. The predicted molar refractivity (Wildman–Crippen MR) is 64.1 cm³/mol. The van der Waals surface area contributed by atoms with Crippen molar-refractivity contribution in [2.24, 2.45) is 0 Å². The summed E-state index contributed by atoms with van der Waals surface area (Å²) in [5.74, 6) is -0.713. The first-order chi connectivity index (χ1) is 8.18. The molecule has 5 nitrogen and oxygen atoms in total. The number of hydrogen-bond acceptors (Lipinski definition) is 4. The number of carboxylic acid groups (broad SMARTS) is 1. The van der Waals surface area contributed by atoms with Gasteiger partial charge < -0.3 is 9.84 Å². The maximum atomic E-state index is 10.9. The van der Waals surface area contributed by atoms with E-state index in [-0.39, 0.29) is 6.04 Å². The molecule has 0 bridgehead atoms. The summed E-state index contributed by atoms with van der Waals surface area (Å²) in [4.78, 5) is 15.5. The molecule has 2 saturated heterocycles. The van der Waals surface area contributed by atoms with E-state index in [4.69, 9.17) is 9.84 Å². The number of piperidine rings is 1. The van der Waals surface area contributed by atoms with Crippen LogP contribution in [0.15, 0.2) is 0 Å². The summed E-state index contributed by atoms with van der Waals surface area (Å²) < 4.78 is 5.35. The minimum Gasteiger partial charge on any atom is -0.480 e. The lowest BCUT2D eigenvalue weighted by atomic mass is 10.0. The standard InChI is InChI=1S/C12H22N2O3/c1-10(12(15)16)13-4-2-11(3-5-13)14-6-8-17-9-7-14/h10-11H,2-9H2,1H3,(H,15,16). The summed E-state index contributed by atoms with van der Waals surface area (Å²) in [6, 6.07) is 0.275. The molecule has 2 rings (SSSR count). The highest BCUT2D eigenvalue weighted by Gasteiger charge is 2.29. The number of ether oxygens (including phenoxy) is 1. The fourth-order valence-corrected chi connectivity index (χ4v) is 2.74. The molecular formula is C12H22N2O3. The fraction of sp³-hybridized carbons (Fsp3) is 0.917. The average molecular weight is 242 g/mol. The van der Waals surface area contributed by atoms with Crippen molar-refractivity contribution in [3.8, 4) is 0 Å². The third-order valence-electron chi connectivity index (χ3n) is 3.97. The molecule has 0 amide bonds. The minimum absolute atomic E-state index is 0.347. The molecule has 1 unspecified atom stereocenters. The third kappa shape index (κ3) is 3.18. The molecule has 98 valence electrons. The SMILES string of the molecule is CC(C(=O)O)N1CCC(N2CCOCC2)CC1. The number of likely N-dealkylation sites (tertiary alicyclic amines) is 1. The summed E-state index contributed by atoms with van der Waals surface area (Å²) in [5.41, 5.74) is 0. The largest absolute Gasteiger partial charge is 0.480 e. The van der Waals surface area contributed by atoms with Gasteiger partial charge in [0.2, 0.25) is 0 Å². The van der Waals surface area contributed by atoms with E-state index >= 15 is 0 Å². The van der Waals surface area contributed by atoms with Crippen molar-refractivity contribution >= 4 is 5.97 Å². The second-order valence-electron chi connectivity index (χ2n) is 4.93. The lowest BCUT2D eigenvalue weighted by Gasteiger charge is -2.41. The summed E-state index contributed by atoms with van der Waals surface area (Å²) in [7, 11) is 0. The molecule has 1 N–H and O–H groups in total. The van der Waals surface area contributed by atoms with E-state index < -0.39 is 5.97 Å². The first-order valence-corrected chi connectivity index (χ1v) is 6.47. The van der Waals surface area contributed by atoms with Gasteiger partial charge in [0.15, 0.2) is 0 Å². The molecule has 0 aliphatic carbocycles. The zero-order valence-electron chi connectivity index (χ0n) is 10.5. The molecular weight excluding hydrogens is 220 g/mol. The monoisotopic (exact) mass is 242 g/mol. The summed E-state index contributed by atoms with van der Waals surface area (Å²) in [6.07, 6.45) is 2.16. The molecule has 2 aliphatic heterocycles. The maximum absolute atomic E-state index is 10.9. The van der Waals surface area contributed by atoms with Crippen molar-refractivity contribution in [1.82, 2.24) is 9.80 Å². The number of carbonyl (C=O) groups is 1. The maximum Gasteiger partial charge on any atom is 0.320 e. The quantitative estimate of drug-likeness (QED) is 0.769. The molecule has 5 heteroatoms. The average Bonchev–Trinajstić information content (AvgIpc) is 2.39. The van der Waals surface area contributed by atoms with Gasteiger partial charge in [-0.2, -0.15) is 0 Å². The normalized spacial score (nSPS) is 26.9. The van der Waals surface area contributed by atoms with Crippen molar-refractivity contribution in [3.05, 3.63) is 0 Å². The molecule has 1 atom stereocenters. The molecule has 2 heterocycles. The van der Waals surface area contributed by atoms with Gasteiger partial charge in [-0.05, 0) is 19.8 Å². The molecule has 0 aromatic rings. The van der Waals surface area contributed by atoms with Crippen LogP contribution in [-0.2, 0) is 9.53 Å². The van der Waals surface area contributed by atoms with Gasteiger partial charge in [-0.1, -0.05) is 0 Å². The van der Waals surface area contributed by atoms with Gasteiger partial charge in [0.25, 0.3) is 0 Å². The minimum atomic E-state index is -0.713. The molecule has 0 spiro atoms. The Kier molecular flexibility index (Phi) is 4.36. The topological polar surface area (TPSA) is 53.0 Å². The first kappa shape index (κ1) is 12.8. The highest BCUT2D eigenvalue weighted by molar-refractivity contribution is 5.72. The van der Waals surface area contributed by atoms with Crippen molar-refractivity contribution < 1.29 is 14.6 Å². The summed E-state index contributed by atoms with van der Waals surface area (Å²) >= 11 is 0. The van der Waals surface area contributed by atoms with Crippen LogP contribution in [0.3, 0.4) is 0 Å². The second-order valence-corrected chi connectivity index (χ2v) is 4.93. The molecule has 0 aromatic carbocycles. The van der Waals surface area contributed by atoms with Gasteiger partial charge in [-0.3, -0.25) is 14.6 Å². The van der Waals surface area contributed by atoms with E-state index in [0.717, 1.165) is 52.2 Å². The fourth-order valence-electron chi connectivity index (χ4n) is 2.74. The number of rotatable bonds is 3. The first-order valence-electron chi connectivity index (χ1n) is 6.47. The van der Waals surface area contributed by atoms with E-state index in [2.05, 4.69) is 9.80 Å². The van der Waals surface area contributed by atoms with Gasteiger partial charge in [0.1, 0.15) is 6.04 Å². The summed E-state index contributed by atoms with van der Waals surface area (Å²) in [6.45, 7) is 7.30. The summed E-state index contributed by atoms with van der Waals surface area (Å²) in [5, 5.41) is 8.98. The van der Waals surface area contributed by atoms with Gasteiger partial charge in [-0.15, -0.1) is 0 Å². The Labute approximate surface area is 102 Å². The van der Waals surface area contributed by atoms with E-state index in [1.165, 1.54) is 0 Å². The Balaban J connectivity index is 1.79. The number of hydrogen-bond donors (Lipinski definition) is 1. The van der Waals surface area contributed by atoms with Crippen LogP contribution in [0.1, 0.15) is 19.8 Å². The lowest BCUT2D eigenvalue weighted by molar-refractivity contribution is -0.143. The third-order valence-corrected chi connectivity index (χ3v) is 3.97. The van der Waals surface area contributed by atoms with Crippen LogP contribution in [0.5, 0.6) is 0 Å². The van der Waals surface area contributed by atoms with Crippen molar-refractivity contribution in [2.45, 2.75) is 31.8 Å². The van der Waals surface area contributed by atoms with Crippen LogP contribution in [0, 0.1) is 0 Å². The number of aliphatic carboxylic acids is 1. The zero-order valence-corrected chi connectivity index (χ0v) is 10.5. The highest BCUT2D eigenvalue weighted by atomic mass is 16.5. The van der Waals surface area contributed by atoms with Crippen molar-refractivity contribution in [1.29, 1.82) is 0 Å². The van der Waals surface area contributed by atoms with Crippen LogP contribution in [0.2, 0.25) is 0 Å². The zero-order chi connectivity index (χ0) is 12.3. The van der Waals surface area contributed by atoms with Gasteiger partial charge in [0.05, 0.1) is 13.2 Å². The van der Waals surface area contributed by atoms with E-state index in [1.54, 1.807) is 6.92 Å². The Bertz CT molecular complexity index is 258. The van der Waals surface area contributed by atoms with Gasteiger partial charge >= 0.3 is 5.97 Å². The second kappa shape index (κ2) is 5.80. The van der Waals surface area contributed by atoms with Crippen LogP contribution < -0.4 is 0 Å². The molecule has 2 fully saturated rings. The molecule has 0 aromatic heterocycles. The van der Waals surface area contributed by atoms with E-state index in [0.29, 0.717) is 6.04 Å². The Hall–Kier alpha value is -0.650. The molecule has 0 radical (unpaired) electrons. The Morgan fingerprint density at radius 1 is 1.24 bits per heavy atom. The molecule has 2 aliphatic rings. The van der Waals surface area contributed by atoms with Crippen molar-refractivity contribution in [2.75, 3.05) is 39.4 Å². The number of carboxylic acids is 1. The molecule has 0 saturated carbocycles. The van der Waals surface area contributed by atoms with Gasteiger partial charge in [0, 0.05) is 32.2 Å². The van der Waals surface area contributed by atoms with Crippen LogP contribution >= 0.6 is 0 Å². The molecule has 17 heavy (non-hydrogen) atoms. The Morgan fingerprint density at radius 2 is 1.82 bits per heavy atom. The van der Waals surface area contributed by atoms with Crippen LogP contribution in [0.4, 0.5) is 0 Å². The lowest BCUT2D eigenvalue weighted by Crippen LogP contribution is -2.51. The van der Waals surface area contributed by atoms with Gasteiger partial charge in [-0.25, -0.2) is 0 Å². The highest BCUT2D eigenvalue weighted by Crippen LogP contribution is 2.19. The van der Waals surface area contributed by atoms with Crippen LogP contribution in [0.25, 0.3) is 0 Å². The van der Waals surface area contributed by atoms with E-state index in [9.17, 15) is 4.79 Å². The van der Waals surface area contributed by atoms with Crippen LogP contribution in [-0.4, -0.2) is 72.4 Å². The number of morpholine rings is 1. The smallest absolute Gasteiger partial charge is 0.320 e. The predicted octanol–water partition coefficient (Wildman–Crippen LogP) is 0.256. The van der Waals surface area contributed by atoms with Crippen molar-refractivity contribution in [3.63, 3.8) is 0 Å². The van der Waals surface area contributed by atoms with E-state index in [1.807, 2.05) is 0 Å².